The second kappa shape index (κ2) is 10.2. The van der Waals surface area contributed by atoms with E-state index in [-0.39, 0.29) is 22.9 Å². The number of aromatic carboxylic acids is 1. The average molecular weight is 482 g/mol. The fourth-order valence-corrected chi connectivity index (χ4v) is 5.18. The molecular formula is C27H35N3O5. The lowest BCUT2D eigenvalue weighted by molar-refractivity contribution is 0.0693. The minimum absolute atomic E-state index is 0.0777. The van der Waals surface area contributed by atoms with E-state index in [2.05, 4.69) is 36.2 Å². The van der Waals surface area contributed by atoms with E-state index in [4.69, 9.17) is 9.47 Å². The molecule has 0 radical (unpaired) electrons. The number of carbonyl (C=O) groups excluding carboxylic acids is 1. The van der Waals surface area contributed by atoms with Gasteiger partial charge in [-0.1, -0.05) is 13.0 Å². The molecule has 0 bridgehead atoms. The van der Waals surface area contributed by atoms with E-state index in [0.29, 0.717) is 18.8 Å². The second-order valence-electron chi connectivity index (χ2n) is 9.44. The van der Waals surface area contributed by atoms with Crippen molar-refractivity contribution in [3.63, 3.8) is 0 Å². The van der Waals surface area contributed by atoms with Crippen LogP contribution in [0.1, 0.15) is 53.7 Å². The summed E-state index contributed by atoms with van der Waals surface area (Å²) >= 11 is 0. The van der Waals surface area contributed by atoms with Gasteiger partial charge in [-0.2, -0.15) is 0 Å². The molecule has 35 heavy (non-hydrogen) atoms. The van der Waals surface area contributed by atoms with E-state index in [1.54, 1.807) is 17.0 Å². The van der Waals surface area contributed by atoms with Crippen LogP contribution in [0, 0.1) is 6.92 Å². The number of ether oxygens (including phenoxy) is 2. The number of carboxylic acids is 1. The predicted molar refractivity (Wildman–Crippen MR) is 135 cm³/mol. The summed E-state index contributed by atoms with van der Waals surface area (Å²) in [6, 6.07) is 9.05. The van der Waals surface area contributed by atoms with Crippen molar-refractivity contribution < 1.29 is 24.2 Å². The molecule has 2 aliphatic heterocycles. The zero-order chi connectivity index (χ0) is 25.2. The summed E-state index contributed by atoms with van der Waals surface area (Å²) in [4.78, 5) is 28.4. The van der Waals surface area contributed by atoms with E-state index < -0.39 is 5.97 Å². The van der Waals surface area contributed by atoms with Crippen molar-refractivity contribution in [1.82, 2.24) is 10.2 Å². The van der Waals surface area contributed by atoms with Crippen molar-refractivity contribution in [2.24, 2.45) is 0 Å². The first kappa shape index (κ1) is 24.9. The standard InChI is InChI=1S/C27H35N3O5/c1-5-19-13-18(3)23(35-6-2)14-20(19)16-29-11-9-27(10-12-29)17-30(26(33)28-27)21-7-8-22(25(31)32)24(15-21)34-4/h7-8,13-15H,5-6,9-12,16-17H2,1-4H3,(H,28,33)(H,31,32). The Labute approximate surface area is 206 Å². The number of urea groups is 1. The van der Waals surface area contributed by atoms with E-state index in [1.165, 1.54) is 29.9 Å². The molecule has 8 nitrogen and oxygen atoms in total. The Balaban J connectivity index is 1.44. The topological polar surface area (TPSA) is 91.3 Å². The number of nitrogens with one attached hydrogen (secondary N) is 1. The predicted octanol–water partition coefficient (Wildman–Crippen LogP) is 4.23. The van der Waals surface area contributed by atoms with Gasteiger partial charge in [0.25, 0.3) is 0 Å². The second-order valence-corrected chi connectivity index (χ2v) is 9.44. The number of carboxylic acid groups (broad SMARTS) is 1. The van der Waals surface area contributed by atoms with E-state index in [1.807, 2.05) is 6.92 Å². The Morgan fingerprint density at radius 3 is 2.49 bits per heavy atom. The number of rotatable bonds is 8. The Hall–Kier alpha value is -3.26. The fraction of sp³-hybridized carbons (Fsp3) is 0.481. The molecule has 2 aromatic rings. The number of anilines is 1. The van der Waals surface area contributed by atoms with E-state index in [9.17, 15) is 14.7 Å². The van der Waals surface area contributed by atoms with Crippen LogP contribution in [0.2, 0.25) is 0 Å². The quantitative estimate of drug-likeness (QED) is 0.587. The number of nitrogens with zero attached hydrogens (tertiary/aromatic N) is 2. The molecule has 0 atom stereocenters. The van der Waals surface area contributed by atoms with E-state index >= 15 is 0 Å². The summed E-state index contributed by atoms with van der Waals surface area (Å²) in [5, 5.41) is 12.6. The maximum Gasteiger partial charge on any atom is 0.339 e. The van der Waals surface area contributed by atoms with Crippen LogP contribution >= 0.6 is 0 Å². The molecule has 0 aliphatic carbocycles. The molecule has 2 heterocycles. The molecule has 2 fully saturated rings. The minimum atomic E-state index is -1.06. The van der Waals surface area contributed by atoms with Crippen molar-refractivity contribution in [3.05, 3.63) is 52.6 Å². The smallest absolute Gasteiger partial charge is 0.339 e. The van der Waals surface area contributed by atoms with Gasteiger partial charge in [0, 0.05) is 31.4 Å². The molecule has 2 aromatic carbocycles. The van der Waals surface area contributed by atoms with Gasteiger partial charge in [0.15, 0.2) is 0 Å². The van der Waals surface area contributed by atoms with Crippen molar-refractivity contribution in [2.75, 3.05) is 38.3 Å². The molecule has 2 saturated heterocycles. The SMILES string of the molecule is CCOc1cc(CN2CCC3(CC2)CN(c2ccc(C(=O)O)c(OC)c2)C(=O)N3)c(CC)cc1C. The monoisotopic (exact) mass is 481 g/mol. The molecule has 4 rings (SSSR count). The number of likely N-dealkylation sites (tertiary alicyclic amines) is 1. The van der Waals surface area contributed by atoms with E-state index in [0.717, 1.165) is 44.6 Å². The summed E-state index contributed by atoms with van der Waals surface area (Å²) < 4.78 is 11.1. The fourth-order valence-electron chi connectivity index (χ4n) is 5.18. The van der Waals surface area contributed by atoms with Crippen LogP contribution in [0.5, 0.6) is 11.5 Å². The molecule has 0 aromatic heterocycles. The first-order valence-electron chi connectivity index (χ1n) is 12.3. The molecular weight excluding hydrogens is 446 g/mol. The van der Waals surface area contributed by atoms with Gasteiger partial charge in [-0.3, -0.25) is 9.80 Å². The van der Waals surface area contributed by atoms with Crippen LogP contribution < -0.4 is 19.7 Å². The Morgan fingerprint density at radius 1 is 1.11 bits per heavy atom. The summed E-state index contributed by atoms with van der Waals surface area (Å²) in [6.45, 7) is 10.1. The summed E-state index contributed by atoms with van der Waals surface area (Å²) in [5.74, 6) is 0.141. The maximum absolute atomic E-state index is 12.9. The molecule has 1 spiro atoms. The first-order chi connectivity index (χ1) is 16.8. The van der Waals surface area contributed by atoms with Crippen LogP contribution in [0.4, 0.5) is 10.5 Å². The number of methoxy groups -OCH3 is 1. The Morgan fingerprint density at radius 2 is 1.86 bits per heavy atom. The highest BCUT2D eigenvalue weighted by atomic mass is 16.5. The van der Waals surface area contributed by atoms with Crippen molar-refractivity contribution in [3.8, 4) is 11.5 Å². The molecule has 2 N–H and O–H groups in total. The summed E-state index contributed by atoms with van der Waals surface area (Å²) in [7, 11) is 1.43. The lowest BCUT2D eigenvalue weighted by Gasteiger charge is -2.39. The number of amides is 2. The van der Waals surface area contributed by atoms with Gasteiger partial charge in [0.1, 0.15) is 17.1 Å². The number of hydrogen-bond acceptors (Lipinski definition) is 5. The van der Waals surface area contributed by atoms with Gasteiger partial charge in [-0.25, -0.2) is 9.59 Å². The Bertz CT molecular complexity index is 1110. The number of benzene rings is 2. The van der Waals surface area contributed by atoms with Gasteiger partial charge >= 0.3 is 12.0 Å². The van der Waals surface area contributed by atoms with Crippen LogP contribution in [0.15, 0.2) is 30.3 Å². The Kier molecular flexibility index (Phi) is 7.21. The van der Waals surface area contributed by atoms with Gasteiger partial charge < -0.3 is 19.9 Å². The maximum atomic E-state index is 12.9. The van der Waals surface area contributed by atoms with Crippen LogP contribution in [0.3, 0.4) is 0 Å². The molecule has 0 saturated carbocycles. The third kappa shape index (κ3) is 5.07. The summed E-state index contributed by atoms with van der Waals surface area (Å²) in [5.41, 5.74) is 4.26. The molecule has 2 aliphatic rings. The first-order valence-corrected chi connectivity index (χ1v) is 12.3. The normalized spacial score (nSPS) is 17.5. The number of aryl methyl sites for hydroxylation is 2. The highest BCUT2D eigenvalue weighted by molar-refractivity contribution is 5.97. The third-order valence-electron chi connectivity index (χ3n) is 7.19. The van der Waals surface area contributed by atoms with Gasteiger partial charge in [0.05, 0.1) is 25.8 Å². The number of piperidine rings is 1. The highest BCUT2D eigenvalue weighted by Crippen LogP contribution is 2.34. The molecule has 2 amide bonds. The van der Waals surface area contributed by atoms with Crippen molar-refractivity contribution in [2.45, 2.75) is 52.1 Å². The highest BCUT2D eigenvalue weighted by Gasteiger charge is 2.45. The van der Waals surface area contributed by atoms with Crippen molar-refractivity contribution in [1.29, 1.82) is 0 Å². The largest absolute Gasteiger partial charge is 0.496 e. The van der Waals surface area contributed by atoms with Crippen LogP contribution in [-0.2, 0) is 13.0 Å². The van der Waals surface area contributed by atoms with Gasteiger partial charge in [0.2, 0.25) is 0 Å². The van der Waals surface area contributed by atoms with Gasteiger partial charge in [-0.15, -0.1) is 0 Å². The number of hydrogen-bond donors (Lipinski definition) is 2. The number of carbonyl (C=O) groups is 2. The zero-order valence-electron chi connectivity index (χ0n) is 21.0. The molecule has 0 unspecified atom stereocenters. The lowest BCUT2D eigenvalue weighted by Crippen LogP contribution is -2.52. The van der Waals surface area contributed by atoms with Crippen LogP contribution in [0.25, 0.3) is 0 Å². The van der Waals surface area contributed by atoms with Crippen molar-refractivity contribution >= 4 is 17.7 Å². The lowest BCUT2D eigenvalue weighted by atomic mass is 9.88. The molecule has 8 heteroatoms. The minimum Gasteiger partial charge on any atom is -0.496 e. The summed E-state index contributed by atoms with van der Waals surface area (Å²) in [6.07, 6.45) is 2.69. The van der Waals surface area contributed by atoms with Crippen LogP contribution in [-0.4, -0.2) is 60.9 Å². The molecule has 188 valence electrons. The van der Waals surface area contributed by atoms with Gasteiger partial charge in [-0.05, 0) is 68.0 Å². The zero-order valence-corrected chi connectivity index (χ0v) is 21.0. The average Bonchev–Trinajstić information content (AvgIpc) is 3.17. The third-order valence-corrected chi connectivity index (χ3v) is 7.19.